The van der Waals surface area contributed by atoms with Crippen molar-refractivity contribution >= 4 is 29.1 Å². The second-order valence-electron chi connectivity index (χ2n) is 11.0. The lowest BCUT2D eigenvalue weighted by Crippen LogP contribution is -2.56. The van der Waals surface area contributed by atoms with Crippen molar-refractivity contribution < 1.29 is 9.90 Å². The summed E-state index contributed by atoms with van der Waals surface area (Å²) >= 11 is 12.7. The minimum absolute atomic E-state index is 0.0393. The molecule has 1 aliphatic heterocycles. The molecule has 2 aromatic rings. The van der Waals surface area contributed by atoms with Gasteiger partial charge in [-0.05, 0) is 86.8 Å². The maximum Gasteiger partial charge on any atom is 0.229 e. The Morgan fingerprint density at radius 3 is 2.43 bits per heavy atom. The first-order chi connectivity index (χ1) is 16.6. The van der Waals surface area contributed by atoms with Gasteiger partial charge in [-0.1, -0.05) is 67.4 Å². The topological polar surface area (TPSA) is 40.5 Å². The highest BCUT2D eigenvalue weighted by Gasteiger charge is 2.52. The molecule has 0 aromatic heterocycles. The number of amides is 1. The molecule has 1 aliphatic carbocycles. The maximum absolute atomic E-state index is 14.3. The van der Waals surface area contributed by atoms with E-state index in [4.69, 9.17) is 23.2 Å². The molecular formula is C30H37Cl2NO2. The summed E-state index contributed by atoms with van der Waals surface area (Å²) in [5, 5.41) is 12.7. The number of benzene rings is 2. The Kier molecular flexibility index (Phi) is 7.71. The fourth-order valence-electron chi connectivity index (χ4n) is 6.08. The predicted molar refractivity (Wildman–Crippen MR) is 145 cm³/mol. The number of nitrogens with zero attached hydrogens (tertiary/aromatic N) is 1. The van der Waals surface area contributed by atoms with Crippen LogP contribution in [0.3, 0.4) is 0 Å². The number of hydrogen-bond donors (Lipinski definition) is 1. The monoisotopic (exact) mass is 513 g/mol. The third kappa shape index (κ3) is 5.48. The first-order valence-electron chi connectivity index (χ1n) is 12.8. The van der Waals surface area contributed by atoms with Crippen LogP contribution in [0, 0.1) is 11.3 Å². The van der Waals surface area contributed by atoms with Gasteiger partial charge in [0.15, 0.2) is 0 Å². The number of carbonyl (C=O) groups is 1. The molecule has 3 nitrogen and oxygen atoms in total. The number of carbonyl (C=O) groups excluding carboxylic acids is 1. The summed E-state index contributed by atoms with van der Waals surface area (Å²) in [6.45, 7) is 10.1. The average molecular weight is 515 g/mol. The average Bonchev–Trinajstić information content (AvgIpc) is 3.67. The SMILES string of the molecule is C=CC[C@@]1(C)C[C@H](c2cccc(Cl)c2)[C@@H](c2ccc(Cl)cc2)N([C@@H](CC)C[C@](C)(O)C2CC2)C1=O. The molecule has 2 aliphatic rings. The molecule has 1 heterocycles. The molecule has 188 valence electrons. The van der Waals surface area contributed by atoms with E-state index in [1.165, 1.54) is 0 Å². The Bertz CT molecular complexity index is 1060. The first-order valence-corrected chi connectivity index (χ1v) is 13.5. The Labute approximate surface area is 220 Å². The zero-order valence-electron chi connectivity index (χ0n) is 21.0. The molecule has 1 amide bonds. The highest BCUT2D eigenvalue weighted by atomic mass is 35.5. The van der Waals surface area contributed by atoms with E-state index in [0.29, 0.717) is 35.2 Å². The minimum atomic E-state index is -0.788. The number of allylic oxidation sites excluding steroid dienone is 1. The summed E-state index contributed by atoms with van der Waals surface area (Å²) < 4.78 is 0. The summed E-state index contributed by atoms with van der Waals surface area (Å²) in [4.78, 5) is 16.4. The van der Waals surface area contributed by atoms with Crippen LogP contribution in [-0.2, 0) is 4.79 Å². The van der Waals surface area contributed by atoms with Crippen molar-refractivity contribution in [3.63, 3.8) is 0 Å². The molecule has 1 saturated carbocycles. The lowest BCUT2D eigenvalue weighted by atomic mass is 9.66. The van der Waals surface area contributed by atoms with Crippen LogP contribution in [0.25, 0.3) is 0 Å². The zero-order chi connectivity index (χ0) is 25.4. The highest BCUT2D eigenvalue weighted by Crippen LogP contribution is 2.53. The van der Waals surface area contributed by atoms with Gasteiger partial charge >= 0.3 is 0 Å². The second kappa shape index (κ2) is 10.3. The van der Waals surface area contributed by atoms with Crippen molar-refractivity contribution in [3.05, 3.63) is 82.4 Å². The first kappa shape index (κ1) is 26.3. The molecule has 2 aromatic carbocycles. The summed E-state index contributed by atoms with van der Waals surface area (Å²) in [6, 6.07) is 15.6. The smallest absolute Gasteiger partial charge is 0.229 e. The van der Waals surface area contributed by atoms with Gasteiger partial charge in [-0.3, -0.25) is 4.79 Å². The van der Waals surface area contributed by atoms with Crippen molar-refractivity contribution in [2.75, 3.05) is 0 Å². The van der Waals surface area contributed by atoms with Crippen LogP contribution in [0.2, 0.25) is 10.0 Å². The van der Waals surface area contributed by atoms with Crippen molar-refractivity contribution in [3.8, 4) is 0 Å². The molecule has 0 spiro atoms. The van der Waals surface area contributed by atoms with E-state index >= 15 is 0 Å². The normalized spacial score (nSPS) is 27.4. The molecule has 1 N–H and O–H groups in total. The van der Waals surface area contributed by atoms with Crippen LogP contribution in [0.5, 0.6) is 0 Å². The lowest BCUT2D eigenvalue weighted by Gasteiger charge is -2.53. The van der Waals surface area contributed by atoms with Gasteiger partial charge in [0.2, 0.25) is 5.91 Å². The molecule has 2 fully saturated rings. The molecule has 4 rings (SSSR count). The Balaban J connectivity index is 1.87. The van der Waals surface area contributed by atoms with Crippen LogP contribution in [0.15, 0.2) is 61.2 Å². The highest BCUT2D eigenvalue weighted by molar-refractivity contribution is 6.30. The number of piperidine rings is 1. The van der Waals surface area contributed by atoms with E-state index in [1.54, 1.807) is 0 Å². The van der Waals surface area contributed by atoms with Crippen molar-refractivity contribution in [1.29, 1.82) is 0 Å². The van der Waals surface area contributed by atoms with Crippen LogP contribution < -0.4 is 0 Å². The largest absolute Gasteiger partial charge is 0.390 e. The van der Waals surface area contributed by atoms with Gasteiger partial charge in [0, 0.05) is 22.0 Å². The van der Waals surface area contributed by atoms with Crippen LogP contribution in [0.1, 0.15) is 82.4 Å². The zero-order valence-corrected chi connectivity index (χ0v) is 22.5. The third-order valence-electron chi connectivity index (χ3n) is 8.16. The predicted octanol–water partition coefficient (Wildman–Crippen LogP) is 7.96. The van der Waals surface area contributed by atoms with E-state index in [1.807, 2.05) is 55.5 Å². The Hall–Kier alpha value is -1.81. The molecule has 35 heavy (non-hydrogen) atoms. The number of aliphatic hydroxyl groups is 1. The van der Waals surface area contributed by atoms with E-state index in [2.05, 4.69) is 31.4 Å². The van der Waals surface area contributed by atoms with E-state index in [9.17, 15) is 9.90 Å². The Morgan fingerprint density at radius 1 is 1.17 bits per heavy atom. The summed E-state index contributed by atoms with van der Waals surface area (Å²) in [6.07, 6.45) is 6.59. The van der Waals surface area contributed by atoms with Crippen LogP contribution in [-0.4, -0.2) is 27.6 Å². The van der Waals surface area contributed by atoms with Gasteiger partial charge in [-0.15, -0.1) is 6.58 Å². The van der Waals surface area contributed by atoms with Gasteiger partial charge in [0.05, 0.1) is 17.1 Å². The molecule has 1 saturated heterocycles. The van der Waals surface area contributed by atoms with E-state index < -0.39 is 11.0 Å². The van der Waals surface area contributed by atoms with Gasteiger partial charge in [-0.2, -0.15) is 0 Å². The molecule has 5 atom stereocenters. The third-order valence-corrected chi connectivity index (χ3v) is 8.64. The van der Waals surface area contributed by atoms with Crippen LogP contribution in [0.4, 0.5) is 0 Å². The Morgan fingerprint density at radius 2 is 1.86 bits per heavy atom. The number of hydrogen-bond acceptors (Lipinski definition) is 2. The standard InChI is InChI=1S/C30H37Cl2NO2/c1-5-16-29(3)19-26(21-8-7-9-24(32)17-21)27(20-10-14-23(31)15-11-20)33(28(29)34)25(6-2)18-30(4,35)22-12-13-22/h5,7-11,14-15,17,22,25-27,35H,1,6,12-13,16,18-19H2,2-4H3/t25-,26+,27+,29-,30-/m0/s1. The fraction of sp³-hybridized carbons (Fsp3) is 0.500. The van der Waals surface area contributed by atoms with Crippen molar-refractivity contribution in [1.82, 2.24) is 4.90 Å². The summed E-state index contributed by atoms with van der Waals surface area (Å²) in [7, 11) is 0. The number of rotatable bonds is 9. The molecule has 0 unspecified atom stereocenters. The lowest BCUT2D eigenvalue weighted by molar-refractivity contribution is -0.156. The fourth-order valence-corrected chi connectivity index (χ4v) is 6.40. The maximum atomic E-state index is 14.3. The van der Waals surface area contributed by atoms with Gasteiger partial charge < -0.3 is 10.0 Å². The molecule has 0 bridgehead atoms. The quantitative estimate of drug-likeness (QED) is 0.345. The minimum Gasteiger partial charge on any atom is -0.390 e. The van der Waals surface area contributed by atoms with Gasteiger partial charge in [0.1, 0.15) is 0 Å². The summed E-state index contributed by atoms with van der Waals surface area (Å²) in [5.74, 6) is 0.486. The van der Waals surface area contributed by atoms with Crippen molar-refractivity contribution in [2.24, 2.45) is 11.3 Å². The number of likely N-dealkylation sites (tertiary alicyclic amines) is 1. The van der Waals surface area contributed by atoms with Crippen LogP contribution >= 0.6 is 23.2 Å². The second-order valence-corrected chi connectivity index (χ2v) is 11.9. The molecule has 5 heteroatoms. The molecular weight excluding hydrogens is 477 g/mol. The summed E-state index contributed by atoms with van der Waals surface area (Å²) in [5.41, 5.74) is 0.798. The van der Waals surface area contributed by atoms with Gasteiger partial charge in [-0.25, -0.2) is 0 Å². The van der Waals surface area contributed by atoms with Gasteiger partial charge in [0.25, 0.3) is 0 Å². The van der Waals surface area contributed by atoms with E-state index in [-0.39, 0.29) is 23.9 Å². The number of halogens is 2. The van der Waals surface area contributed by atoms with Crippen molar-refractivity contribution in [2.45, 2.75) is 82.9 Å². The van der Waals surface area contributed by atoms with E-state index in [0.717, 1.165) is 30.4 Å². The molecule has 0 radical (unpaired) electrons.